The van der Waals surface area contributed by atoms with Gasteiger partial charge in [0, 0.05) is 0 Å². The average molecular weight is 262 g/mol. The molecule has 2 aromatic carbocycles. The standard InChI is InChI=1S/C14H7F3NO/c15-14(16,17)19-12-7-5-10(6-8-12)13-4-2-1-3-11(13)9-18/h2-8H. The number of rotatable bonds is 2. The van der Waals surface area contributed by atoms with Crippen molar-refractivity contribution in [1.29, 1.82) is 5.26 Å². The van der Waals surface area contributed by atoms with E-state index in [0.29, 0.717) is 16.7 Å². The summed E-state index contributed by atoms with van der Waals surface area (Å²) in [6.07, 6.45) is -4.71. The number of nitriles is 1. The number of nitrogens with zero attached hydrogens (tertiary/aromatic N) is 1. The zero-order valence-corrected chi connectivity index (χ0v) is 9.53. The molecule has 0 saturated carbocycles. The zero-order valence-electron chi connectivity index (χ0n) is 9.53. The lowest BCUT2D eigenvalue weighted by Gasteiger charge is -2.09. The summed E-state index contributed by atoms with van der Waals surface area (Å²) >= 11 is 0. The van der Waals surface area contributed by atoms with Crippen molar-refractivity contribution in [3.8, 4) is 22.9 Å². The molecule has 95 valence electrons. The fourth-order valence-electron chi connectivity index (χ4n) is 1.61. The van der Waals surface area contributed by atoms with Gasteiger partial charge in [-0.3, -0.25) is 0 Å². The van der Waals surface area contributed by atoms with Gasteiger partial charge in [0.15, 0.2) is 0 Å². The summed E-state index contributed by atoms with van der Waals surface area (Å²) < 4.78 is 39.8. The van der Waals surface area contributed by atoms with Crippen LogP contribution in [0.25, 0.3) is 11.1 Å². The van der Waals surface area contributed by atoms with E-state index in [4.69, 9.17) is 5.26 Å². The van der Waals surface area contributed by atoms with E-state index in [1.54, 1.807) is 12.1 Å². The van der Waals surface area contributed by atoms with Crippen LogP contribution in [0.15, 0.2) is 42.5 Å². The lowest BCUT2D eigenvalue weighted by molar-refractivity contribution is -0.274. The second-order valence-corrected chi connectivity index (χ2v) is 3.66. The van der Waals surface area contributed by atoms with Crippen molar-refractivity contribution in [3.05, 3.63) is 54.1 Å². The van der Waals surface area contributed by atoms with Crippen molar-refractivity contribution >= 4 is 0 Å². The molecule has 0 bridgehead atoms. The highest BCUT2D eigenvalue weighted by atomic mass is 19.4. The van der Waals surface area contributed by atoms with Crippen molar-refractivity contribution < 1.29 is 17.9 Å². The van der Waals surface area contributed by atoms with Gasteiger partial charge in [-0.2, -0.15) is 5.26 Å². The second kappa shape index (κ2) is 5.02. The lowest BCUT2D eigenvalue weighted by Crippen LogP contribution is -2.16. The molecule has 0 aliphatic heterocycles. The first kappa shape index (κ1) is 13.0. The van der Waals surface area contributed by atoms with Gasteiger partial charge in [-0.25, -0.2) is 0 Å². The Morgan fingerprint density at radius 1 is 1.11 bits per heavy atom. The third-order valence-electron chi connectivity index (χ3n) is 2.38. The van der Waals surface area contributed by atoms with E-state index in [2.05, 4.69) is 10.8 Å². The summed E-state index contributed by atoms with van der Waals surface area (Å²) in [4.78, 5) is 0. The Morgan fingerprint density at radius 2 is 1.79 bits per heavy atom. The first-order valence-corrected chi connectivity index (χ1v) is 5.26. The molecular weight excluding hydrogens is 255 g/mol. The normalized spacial score (nSPS) is 10.8. The molecular formula is C14H7F3NO. The minimum atomic E-state index is -4.71. The average Bonchev–Trinajstić information content (AvgIpc) is 2.38. The summed E-state index contributed by atoms with van der Waals surface area (Å²) in [5, 5.41) is 8.94. The summed E-state index contributed by atoms with van der Waals surface area (Å²) in [7, 11) is 0. The Balaban J connectivity index is 2.31. The number of hydrogen-bond donors (Lipinski definition) is 0. The fraction of sp³-hybridized carbons (Fsp3) is 0.0714. The van der Waals surface area contributed by atoms with E-state index in [-0.39, 0.29) is 5.75 Å². The van der Waals surface area contributed by atoms with Crippen LogP contribution < -0.4 is 4.74 Å². The van der Waals surface area contributed by atoms with Crippen LogP contribution in [0.4, 0.5) is 13.2 Å². The van der Waals surface area contributed by atoms with E-state index < -0.39 is 6.36 Å². The lowest BCUT2D eigenvalue weighted by atomic mass is 10.0. The molecule has 0 aliphatic rings. The van der Waals surface area contributed by atoms with E-state index in [0.717, 1.165) is 0 Å². The summed E-state index contributed by atoms with van der Waals surface area (Å²) in [5.41, 5.74) is 1.69. The Kier molecular flexibility index (Phi) is 3.43. The van der Waals surface area contributed by atoms with Gasteiger partial charge < -0.3 is 4.74 Å². The molecule has 5 heteroatoms. The molecule has 1 radical (unpaired) electrons. The Morgan fingerprint density at radius 3 is 2.37 bits per heavy atom. The molecule has 0 fully saturated rings. The van der Waals surface area contributed by atoms with E-state index in [9.17, 15) is 13.2 Å². The summed E-state index contributed by atoms with van der Waals surface area (Å²) in [6, 6.07) is 15.0. The monoisotopic (exact) mass is 262 g/mol. The van der Waals surface area contributed by atoms with Crippen LogP contribution in [0.3, 0.4) is 0 Å². The van der Waals surface area contributed by atoms with Crippen LogP contribution >= 0.6 is 0 Å². The molecule has 0 aromatic heterocycles. The number of hydrogen-bond acceptors (Lipinski definition) is 2. The number of benzene rings is 2. The molecule has 2 aromatic rings. The van der Waals surface area contributed by atoms with Crippen LogP contribution in [0.1, 0.15) is 5.56 Å². The van der Waals surface area contributed by atoms with Gasteiger partial charge in [-0.1, -0.05) is 24.3 Å². The first-order chi connectivity index (χ1) is 8.99. The predicted octanol–water partition coefficient (Wildman–Crippen LogP) is 3.92. The molecule has 0 atom stereocenters. The van der Waals surface area contributed by atoms with E-state index in [1.165, 1.54) is 30.3 Å². The number of halogens is 3. The highest BCUT2D eigenvalue weighted by Crippen LogP contribution is 2.27. The van der Waals surface area contributed by atoms with Gasteiger partial charge in [0.1, 0.15) is 5.75 Å². The van der Waals surface area contributed by atoms with Crippen LogP contribution in [-0.4, -0.2) is 6.36 Å². The quantitative estimate of drug-likeness (QED) is 0.821. The Bertz CT molecular complexity index is 612. The molecule has 0 amide bonds. The highest BCUT2D eigenvalue weighted by molar-refractivity contribution is 5.70. The SMILES string of the molecule is N#Cc1c[c]ccc1-c1ccc(OC(F)(F)F)cc1. The molecule has 0 spiro atoms. The van der Waals surface area contributed by atoms with Gasteiger partial charge in [0.2, 0.25) is 0 Å². The molecule has 2 rings (SSSR count). The van der Waals surface area contributed by atoms with Crippen LogP contribution in [0, 0.1) is 17.4 Å². The molecule has 19 heavy (non-hydrogen) atoms. The molecule has 0 unspecified atom stereocenters. The van der Waals surface area contributed by atoms with Crippen molar-refractivity contribution in [2.45, 2.75) is 6.36 Å². The van der Waals surface area contributed by atoms with E-state index in [1.807, 2.05) is 6.07 Å². The largest absolute Gasteiger partial charge is 0.573 e. The molecule has 2 nitrogen and oxygen atoms in total. The predicted molar refractivity (Wildman–Crippen MR) is 62.1 cm³/mol. The van der Waals surface area contributed by atoms with Crippen molar-refractivity contribution in [3.63, 3.8) is 0 Å². The fourth-order valence-corrected chi connectivity index (χ4v) is 1.61. The van der Waals surface area contributed by atoms with Crippen molar-refractivity contribution in [2.24, 2.45) is 0 Å². The van der Waals surface area contributed by atoms with E-state index >= 15 is 0 Å². The van der Waals surface area contributed by atoms with Gasteiger partial charge >= 0.3 is 6.36 Å². The van der Waals surface area contributed by atoms with Gasteiger partial charge in [0.05, 0.1) is 11.6 Å². The smallest absolute Gasteiger partial charge is 0.406 e. The summed E-state index contributed by atoms with van der Waals surface area (Å²) in [5.74, 6) is -0.294. The first-order valence-electron chi connectivity index (χ1n) is 5.26. The second-order valence-electron chi connectivity index (χ2n) is 3.66. The third kappa shape index (κ3) is 3.26. The maximum Gasteiger partial charge on any atom is 0.573 e. The van der Waals surface area contributed by atoms with Gasteiger partial charge in [0.25, 0.3) is 0 Å². The van der Waals surface area contributed by atoms with Gasteiger partial charge in [-0.15, -0.1) is 13.2 Å². The highest BCUT2D eigenvalue weighted by Gasteiger charge is 2.30. The van der Waals surface area contributed by atoms with Crippen LogP contribution in [-0.2, 0) is 0 Å². The van der Waals surface area contributed by atoms with Gasteiger partial charge in [-0.05, 0) is 35.4 Å². The maximum absolute atomic E-state index is 12.0. The van der Waals surface area contributed by atoms with Crippen molar-refractivity contribution in [1.82, 2.24) is 0 Å². The number of alkyl halides is 3. The topological polar surface area (TPSA) is 33.0 Å². The minimum absolute atomic E-state index is 0.294. The minimum Gasteiger partial charge on any atom is -0.406 e. The maximum atomic E-state index is 12.0. The molecule has 0 heterocycles. The third-order valence-corrected chi connectivity index (χ3v) is 2.38. The van der Waals surface area contributed by atoms with Crippen LogP contribution in [0.2, 0.25) is 0 Å². The summed E-state index contributed by atoms with van der Waals surface area (Å²) in [6.45, 7) is 0. The Labute approximate surface area is 107 Å². The van der Waals surface area contributed by atoms with Crippen molar-refractivity contribution in [2.75, 3.05) is 0 Å². The zero-order chi connectivity index (χ0) is 13.9. The Hall–Kier alpha value is -2.48. The molecule has 0 aliphatic carbocycles. The number of ether oxygens (including phenoxy) is 1. The molecule has 0 N–H and O–H groups in total. The van der Waals surface area contributed by atoms with Crippen LogP contribution in [0.5, 0.6) is 5.75 Å². The molecule has 0 saturated heterocycles.